The molecule has 0 aromatic heterocycles. The van der Waals surface area contributed by atoms with Crippen LogP contribution in [0.4, 0.5) is 8.78 Å². The Morgan fingerprint density at radius 2 is 1.84 bits per heavy atom. The van der Waals surface area contributed by atoms with Gasteiger partial charge in [0.1, 0.15) is 0 Å². The van der Waals surface area contributed by atoms with Gasteiger partial charge in [0, 0.05) is 6.54 Å². The zero-order valence-electron chi connectivity index (χ0n) is 13.1. The van der Waals surface area contributed by atoms with E-state index in [-0.39, 0.29) is 22.9 Å². The maximum atomic E-state index is 12.3. The highest BCUT2D eigenvalue weighted by atomic mass is 32.2. The van der Waals surface area contributed by atoms with Gasteiger partial charge in [-0.2, -0.15) is 14.0 Å². The first-order valence-corrected chi connectivity index (χ1v) is 8.45. The molecule has 0 aliphatic rings. The van der Waals surface area contributed by atoms with E-state index >= 15 is 0 Å². The molecule has 0 spiro atoms. The number of halogens is 2. The monoisotopic (exact) mass is 368 g/mol. The number of hydrogen-bond donors (Lipinski definition) is 1. The third-order valence-electron chi connectivity index (χ3n) is 3.20. The van der Waals surface area contributed by atoms with Crippen molar-refractivity contribution >= 4 is 10.0 Å². The van der Waals surface area contributed by atoms with Crippen molar-refractivity contribution in [3.63, 3.8) is 0 Å². The molecule has 0 heterocycles. The molecule has 25 heavy (non-hydrogen) atoms. The summed E-state index contributed by atoms with van der Waals surface area (Å²) < 4.78 is 60.7. The van der Waals surface area contributed by atoms with Crippen molar-refractivity contribution < 1.29 is 26.7 Å². The molecule has 132 valence electrons. The van der Waals surface area contributed by atoms with Gasteiger partial charge < -0.3 is 9.47 Å². The summed E-state index contributed by atoms with van der Waals surface area (Å²) in [5.74, 6) is -0.0772. The molecule has 6 nitrogen and oxygen atoms in total. The topological polar surface area (TPSA) is 88.4 Å². The van der Waals surface area contributed by atoms with Gasteiger partial charge in [-0.3, -0.25) is 0 Å². The molecule has 0 unspecified atom stereocenters. The molecule has 0 fully saturated rings. The standard InChI is InChI=1S/C16H14F2N2O4S/c1-23-15-8-12(4-7-14(15)24-16(17)18)10-20-25(21,22)13-5-2-11(9-19)3-6-13/h2-8,16,20H,10H2,1H3. The van der Waals surface area contributed by atoms with Crippen molar-refractivity contribution in [1.29, 1.82) is 5.26 Å². The SMILES string of the molecule is COc1cc(CNS(=O)(=O)c2ccc(C#N)cc2)ccc1OC(F)F. The van der Waals surface area contributed by atoms with Gasteiger partial charge in [-0.25, -0.2) is 13.1 Å². The number of ether oxygens (including phenoxy) is 2. The Bertz CT molecular complexity index is 878. The van der Waals surface area contributed by atoms with Crippen LogP contribution < -0.4 is 14.2 Å². The fourth-order valence-corrected chi connectivity index (χ4v) is 3.00. The smallest absolute Gasteiger partial charge is 0.387 e. The van der Waals surface area contributed by atoms with Crippen LogP contribution in [0.25, 0.3) is 0 Å². The summed E-state index contributed by atoms with van der Waals surface area (Å²) in [4.78, 5) is 0.0103. The minimum absolute atomic E-state index is 0.0103. The maximum Gasteiger partial charge on any atom is 0.387 e. The summed E-state index contributed by atoms with van der Waals surface area (Å²) in [5, 5.41) is 8.73. The van der Waals surface area contributed by atoms with Gasteiger partial charge in [0.05, 0.1) is 23.6 Å². The predicted octanol–water partition coefficient (Wildman–Crippen LogP) is 2.65. The summed E-state index contributed by atoms with van der Waals surface area (Å²) in [5.41, 5.74) is 0.842. The Labute approximate surface area is 143 Å². The van der Waals surface area contributed by atoms with E-state index in [9.17, 15) is 17.2 Å². The van der Waals surface area contributed by atoms with Gasteiger partial charge >= 0.3 is 6.61 Å². The molecule has 0 radical (unpaired) electrons. The van der Waals surface area contributed by atoms with E-state index in [1.165, 1.54) is 49.6 Å². The average molecular weight is 368 g/mol. The second-order valence-corrected chi connectivity index (χ2v) is 6.59. The number of sulfonamides is 1. The van der Waals surface area contributed by atoms with Crippen LogP contribution in [0.2, 0.25) is 0 Å². The van der Waals surface area contributed by atoms with E-state index in [1.807, 2.05) is 6.07 Å². The van der Waals surface area contributed by atoms with Crippen LogP contribution >= 0.6 is 0 Å². The van der Waals surface area contributed by atoms with Crippen LogP contribution in [0.15, 0.2) is 47.4 Å². The van der Waals surface area contributed by atoms with E-state index in [4.69, 9.17) is 10.00 Å². The average Bonchev–Trinajstić information content (AvgIpc) is 2.60. The summed E-state index contributed by atoms with van der Waals surface area (Å²) in [6, 6.07) is 11.5. The summed E-state index contributed by atoms with van der Waals surface area (Å²) in [7, 11) is -2.49. The van der Waals surface area contributed by atoms with Crippen molar-refractivity contribution in [2.45, 2.75) is 18.1 Å². The Kier molecular flexibility index (Phi) is 5.90. The second kappa shape index (κ2) is 7.92. The number of hydrogen-bond acceptors (Lipinski definition) is 5. The third kappa shape index (κ3) is 4.89. The Balaban J connectivity index is 2.12. The first-order valence-electron chi connectivity index (χ1n) is 6.97. The Morgan fingerprint density at radius 1 is 1.16 bits per heavy atom. The van der Waals surface area contributed by atoms with Crippen LogP contribution in [0.3, 0.4) is 0 Å². The van der Waals surface area contributed by atoms with Crippen LogP contribution in [-0.4, -0.2) is 22.1 Å². The normalized spacial score (nSPS) is 11.2. The van der Waals surface area contributed by atoms with E-state index in [2.05, 4.69) is 9.46 Å². The van der Waals surface area contributed by atoms with Gasteiger partial charge in [-0.15, -0.1) is 0 Å². The Morgan fingerprint density at radius 3 is 2.40 bits per heavy atom. The van der Waals surface area contributed by atoms with Crippen LogP contribution in [-0.2, 0) is 16.6 Å². The molecule has 9 heteroatoms. The summed E-state index contributed by atoms with van der Waals surface area (Å²) >= 11 is 0. The van der Waals surface area contributed by atoms with Gasteiger partial charge in [-0.1, -0.05) is 6.07 Å². The third-order valence-corrected chi connectivity index (χ3v) is 4.62. The molecule has 0 saturated carbocycles. The number of nitrogens with one attached hydrogen (secondary N) is 1. The maximum absolute atomic E-state index is 12.3. The number of nitrogens with zero attached hydrogens (tertiary/aromatic N) is 1. The van der Waals surface area contributed by atoms with Crippen molar-refractivity contribution in [2.75, 3.05) is 7.11 Å². The molecular formula is C16H14F2N2O4S. The van der Waals surface area contributed by atoms with Crippen molar-refractivity contribution in [2.24, 2.45) is 0 Å². The molecule has 1 N–H and O–H groups in total. The quantitative estimate of drug-likeness (QED) is 0.812. The highest BCUT2D eigenvalue weighted by molar-refractivity contribution is 7.89. The van der Waals surface area contributed by atoms with Gasteiger partial charge in [0.15, 0.2) is 11.5 Å². The molecule has 0 aliphatic heterocycles. The molecule has 0 amide bonds. The van der Waals surface area contributed by atoms with E-state index < -0.39 is 16.6 Å². The molecule has 0 aliphatic carbocycles. The predicted molar refractivity (Wildman–Crippen MR) is 84.8 cm³/mol. The Hall–Kier alpha value is -2.70. The van der Waals surface area contributed by atoms with Crippen LogP contribution in [0.5, 0.6) is 11.5 Å². The molecule has 0 saturated heterocycles. The summed E-state index contributed by atoms with van der Waals surface area (Å²) in [6.45, 7) is -3.07. The first kappa shape index (κ1) is 18.6. The second-order valence-electron chi connectivity index (χ2n) is 4.82. The van der Waals surface area contributed by atoms with Crippen LogP contribution in [0, 0.1) is 11.3 Å². The lowest BCUT2D eigenvalue weighted by Crippen LogP contribution is -2.23. The van der Waals surface area contributed by atoms with E-state index in [1.54, 1.807) is 0 Å². The number of rotatable bonds is 7. The van der Waals surface area contributed by atoms with Gasteiger partial charge in [0.2, 0.25) is 10.0 Å². The molecular weight excluding hydrogens is 354 g/mol. The fourth-order valence-electron chi connectivity index (χ4n) is 1.99. The van der Waals surface area contributed by atoms with Crippen molar-refractivity contribution in [3.8, 4) is 17.6 Å². The lowest BCUT2D eigenvalue weighted by molar-refractivity contribution is -0.0512. The fraction of sp³-hybridized carbons (Fsp3) is 0.188. The minimum Gasteiger partial charge on any atom is -0.493 e. The minimum atomic E-state index is -3.78. The first-order chi connectivity index (χ1) is 11.9. The zero-order chi connectivity index (χ0) is 18.4. The molecule has 2 rings (SSSR count). The molecule has 2 aromatic rings. The highest BCUT2D eigenvalue weighted by Gasteiger charge is 2.15. The lowest BCUT2D eigenvalue weighted by Gasteiger charge is -2.12. The van der Waals surface area contributed by atoms with Crippen molar-refractivity contribution in [3.05, 3.63) is 53.6 Å². The van der Waals surface area contributed by atoms with Gasteiger partial charge in [-0.05, 0) is 42.0 Å². The van der Waals surface area contributed by atoms with Gasteiger partial charge in [0.25, 0.3) is 0 Å². The molecule has 2 aromatic carbocycles. The summed E-state index contributed by atoms with van der Waals surface area (Å²) in [6.07, 6.45) is 0. The molecule has 0 atom stereocenters. The van der Waals surface area contributed by atoms with E-state index in [0.717, 1.165) is 0 Å². The van der Waals surface area contributed by atoms with E-state index in [0.29, 0.717) is 11.1 Å². The van der Waals surface area contributed by atoms with Crippen LogP contribution in [0.1, 0.15) is 11.1 Å². The zero-order valence-corrected chi connectivity index (χ0v) is 13.9. The lowest BCUT2D eigenvalue weighted by atomic mass is 10.2. The number of methoxy groups -OCH3 is 1. The molecule has 0 bridgehead atoms. The highest BCUT2D eigenvalue weighted by Crippen LogP contribution is 2.29. The number of alkyl halides is 2. The largest absolute Gasteiger partial charge is 0.493 e. The number of benzene rings is 2. The van der Waals surface area contributed by atoms with Crippen molar-refractivity contribution in [1.82, 2.24) is 4.72 Å². The number of nitriles is 1.